The highest BCUT2D eigenvalue weighted by Crippen LogP contribution is 2.22. The summed E-state index contributed by atoms with van der Waals surface area (Å²) >= 11 is 0. The lowest BCUT2D eigenvalue weighted by Gasteiger charge is -2.04. The summed E-state index contributed by atoms with van der Waals surface area (Å²) in [7, 11) is 1.55. The van der Waals surface area contributed by atoms with Crippen molar-refractivity contribution in [2.75, 3.05) is 12.8 Å². The van der Waals surface area contributed by atoms with Gasteiger partial charge in [-0.3, -0.25) is 4.79 Å². The van der Waals surface area contributed by atoms with Crippen LogP contribution in [0, 0.1) is 0 Å². The minimum absolute atomic E-state index is 0.505. The van der Waals surface area contributed by atoms with Crippen molar-refractivity contribution in [3.8, 4) is 5.75 Å². The van der Waals surface area contributed by atoms with Crippen LogP contribution < -0.4 is 16.2 Å². The summed E-state index contributed by atoms with van der Waals surface area (Å²) < 4.78 is 5.07. The van der Waals surface area contributed by atoms with Crippen LogP contribution in [-0.4, -0.2) is 13.0 Å². The zero-order chi connectivity index (χ0) is 10.6. The Morgan fingerprint density at radius 2 is 2.21 bits per heavy atom. The Labute approximate surface area is 82.2 Å². The van der Waals surface area contributed by atoms with E-state index in [-0.39, 0.29) is 0 Å². The molecular weight excluding hydrogens is 180 g/mol. The Bertz CT molecular complexity index is 372. The quantitative estimate of drug-likeness (QED) is 0.548. The lowest BCUT2D eigenvalue weighted by Crippen LogP contribution is -2.05. The van der Waals surface area contributed by atoms with Crippen molar-refractivity contribution in [1.82, 2.24) is 0 Å². The van der Waals surface area contributed by atoms with Crippen LogP contribution >= 0.6 is 0 Å². The molecule has 0 aliphatic rings. The number of amides is 1. The van der Waals surface area contributed by atoms with Crippen LogP contribution in [-0.2, 0) is 4.79 Å². The van der Waals surface area contributed by atoms with Gasteiger partial charge in [-0.15, -0.1) is 0 Å². The van der Waals surface area contributed by atoms with Gasteiger partial charge in [0.1, 0.15) is 5.75 Å². The van der Waals surface area contributed by atoms with Crippen LogP contribution in [0.15, 0.2) is 24.3 Å². The molecule has 1 aromatic carbocycles. The Hall–Kier alpha value is -1.97. The van der Waals surface area contributed by atoms with Crippen LogP contribution in [0.25, 0.3) is 6.08 Å². The lowest BCUT2D eigenvalue weighted by molar-refractivity contribution is -0.113. The zero-order valence-corrected chi connectivity index (χ0v) is 7.86. The standard InChI is InChI=1S/C10H12N2O2/c1-14-9-4-3-8(11)6-7(9)2-5-10(12)13/h2-6H,11H2,1H3,(H2,12,13). The first-order valence-corrected chi connectivity index (χ1v) is 4.04. The molecule has 1 rings (SSSR count). The molecule has 0 aliphatic heterocycles. The second kappa shape index (κ2) is 4.32. The highest BCUT2D eigenvalue weighted by molar-refractivity contribution is 5.90. The fraction of sp³-hybridized carbons (Fsp3) is 0.100. The van der Waals surface area contributed by atoms with E-state index in [9.17, 15) is 4.79 Å². The molecule has 0 fully saturated rings. The van der Waals surface area contributed by atoms with E-state index in [1.54, 1.807) is 31.4 Å². The highest BCUT2D eigenvalue weighted by Gasteiger charge is 1.99. The number of nitrogens with two attached hydrogens (primary N) is 2. The minimum atomic E-state index is -0.505. The van der Waals surface area contributed by atoms with E-state index in [4.69, 9.17) is 16.2 Å². The van der Waals surface area contributed by atoms with Gasteiger partial charge in [0.15, 0.2) is 0 Å². The number of carbonyl (C=O) groups is 1. The number of anilines is 1. The second-order valence-electron chi connectivity index (χ2n) is 2.74. The van der Waals surface area contributed by atoms with Crippen LogP contribution in [0.3, 0.4) is 0 Å². The van der Waals surface area contributed by atoms with Gasteiger partial charge in [0, 0.05) is 17.3 Å². The largest absolute Gasteiger partial charge is 0.496 e. The molecule has 0 saturated carbocycles. The van der Waals surface area contributed by atoms with E-state index in [1.165, 1.54) is 6.08 Å². The van der Waals surface area contributed by atoms with Gasteiger partial charge in [-0.25, -0.2) is 0 Å². The molecule has 0 heterocycles. The van der Waals surface area contributed by atoms with Gasteiger partial charge < -0.3 is 16.2 Å². The number of carbonyl (C=O) groups excluding carboxylic acids is 1. The zero-order valence-electron chi connectivity index (χ0n) is 7.86. The summed E-state index contributed by atoms with van der Waals surface area (Å²) in [6.45, 7) is 0. The third-order valence-electron chi connectivity index (χ3n) is 1.68. The molecule has 4 N–H and O–H groups in total. The van der Waals surface area contributed by atoms with Gasteiger partial charge in [-0.05, 0) is 24.3 Å². The molecule has 4 nitrogen and oxygen atoms in total. The molecule has 1 amide bonds. The number of nitrogen functional groups attached to an aromatic ring is 1. The fourth-order valence-electron chi connectivity index (χ4n) is 1.05. The predicted molar refractivity (Wildman–Crippen MR) is 55.6 cm³/mol. The smallest absolute Gasteiger partial charge is 0.241 e. The van der Waals surface area contributed by atoms with Crippen LogP contribution in [0.4, 0.5) is 5.69 Å². The molecule has 0 unspecified atom stereocenters. The van der Waals surface area contributed by atoms with Crippen LogP contribution in [0.5, 0.6) is 5.75 Å². The summed E-state index contributed by atoms with van der Waals surface area (Å²) in [6.07, 6.45) is 2.83. The first-order valence-electron chi connectivity index (χ1n) is 4.04. The van der Waals surface area contributed by atoms with E-state index >= 15 is 0 Å². The average Bonchev–Trinajstić information content (AvgIpc) is 2.15. The van der Waals surface area contributed by atoms with Crippen molar-refractivity contribution in [3.63, 3.8) is 0 Å². The molecule has 1 aromatic rings. The van der Waals surface area contributed by atoms with Gasteiger partial charge >= 0.3 is 0 Å². The maximum absolute atomic E-state index is 10.5. The van der Waals surface area contributed by atoms with Gasteiger partial charge in [0.05, 0.1) is 7.11 Å². The Morgan fingerprint density at radius 1 is 1.50 bits per heavy atom. The summed E-state index contributed by atoms with van der Waals surface area (Å²) in [4.78, 5) is 10.5. The first-order chi connectivity index (χ1) is 6.63. The molecule has 4 heteroatoms. The molecule has 0 saturated heterocycles. The molecule has 0 aliphatic carbocycles. The van der Waals surface area contributed by atoms with Crippen molar-refractivity contribution < 1.29 is 9.53 Å². The van der Waals surface area contributed by atoms with E-state index in [1.807, 2.05) is 0 Å². The first kappa shape index (κ1) is 10.1. The van der Waals surface area contributed by atoms with Gasteiger partial charge in [0.2, 0.25) is 5.91 Å². The van der Waals surface area contributed by atoms with E-state index in [0.29, 0.717) is 11.4 Å². The van der Waals surface area contributed by atoms with Crippen molar-refractivity contribution in [1.29, 1.82) is 0 Å². The predicted octanol–water partition coefficient (Wildman–Crippen LogP) is 0.776. The number of rotatable bonds is 3. The van der Waals surface area contributed by atoms with Gasteiger partial charge in [-0.2, -0.15) is 0 Å². The summed E-state index contributed by atoms with van der Waals surface area (Å²) in [6, 6.07) is 5.16. The van der Waals surface area contributed by atoms with Gasteiger partial charge in [0.25, 0.3) is 0 Å². The topological polar surface area (TPSA) is 78.3 Å². The number of methoxy groups -OCH3 is 1. The fourth-order valence-corrected chi connectivity index (χ4v) is 1.05. The summed E-state index contributed by atoms with van der Waals surface area (Å²) in [5, 5.41) is 0. The Kier molecular flexibility index (Phi) is 3.12. The van der Waals surface area contributed by atoms with E-state index in [2.05, 4.69) is 0 Å². The molecule has 0 aromatic heterocycles. The SMILES string of the molecule is COc1ccc(N)cc1C=CC(N)=O. The summed E-state index contributed by atoms with van der Waals surface area (Å²) in [5.74, 6) is 0.145. The van der Waals surface area contributed by atoms with E-state index < -0.39 is 5.91 Å². The number of hydrogen-bond donors (Lipinski definition) is 2. The lowest BCUT2D eigenvalue weighted by atomic mass is 10.1. The Balaban J connectivity index is 3.04. The van der Waals surface area contributed by atoms with Crippen LogP contribution in [0.2, 0.25) is 0 Å². The van der Waals surface area contributed by atoms with Crippen molar-refractivity contribution in [2.24, 2.45) is 5.73 Å². The number of benzene rings is 1. The van der Waals surface area contributed by atoms with Crippen LogP contribution in [0.1, 0.15) is 5.56 Å². The third-order valence-corrected chi connectivity index (χ3v) is 1.68. The minimum Gasteiger partial charge on any atom is -0.496 e. The molecule has 74 valence electrons. The number of hydrogen-bond acceptors (Lipinski definition) is 3. The normalized spacial score (nSPS) is 10.4. The highest BCUT2D eigenvalue weighted by atomic mass is 16.5. The molecule has 0 bridgehead atoms. The monoisotopic (exact) mass is 192 g/mol. The average molecular weight is 192 g/mol. The molecular formula is C10H12N2O2. The van der Waals surface area contributed by atoms with Gasteiger partial charge in [-0.1, -0.05) is 0 Å². The molecule has 0 atom stereocenters. The van der Waals surface area contributed by atoms with E-state index in [0.717, 1.165) is 5.56 Å². The Morgan fingerprint density at radius 3 is 2.79 bits per heavy atom. The van der Waals surface area contributed by atoms with Crippen molar-refractivity contribution in [3.05, 3.63) is 29.8 Å². The molecule has 0 radical (unpaired) electrons. The second-order valence-corrected chi connectivity index (χ2v) is 2.74. The molecule has 0 spiro atoms. The van der Waals surface area contributed by atoms with Crippen molar-refractivity contribution >= 4 is 17.7 Å². The number of ether oxygens (including phenoxy) is 1. The molecule has 14 heavy (non-hydrogen) atoms. The maximum Gasteiger partial charge on any atom is 0.241 e. The number of primary amides is 1. The third kappa shape index (κ3) is 2.52. The van der Waals surface area contributed by atoms with Crippen molar-refractivity contribution in [2.45, 2.75) is 0 Å². The maximum atomic E-state index is 10.5. The summed E-state index contributed by atoms with van der Waals surface area (Å²) in [5.41, 5.74) is 11.9.